The van der Waals surface area contributed by atoms with Gasteiger partial charge in [-0.05, 0) is 11.8 Å². The molecule has 1 unspecified atom stereocenters. The number of likely N-dealkylation sites (N-methyl/N-ethyl adjacent to an activating group) is 1. The minimum Gasteiger partial charge on any atom is -0.396 e. The van der Waals surface area contributed by atoms with Gasteiger partial charge in [-0.2, -0.15) is 0 Å². The largest absolute Gasteiger partial charge is 0.396 e. The molecule has 0 aromatic rings. The minimum absolute atomic E-state index is 0.0304. The molecule has 0 radical (unpaired) electrons. The van der Waals surface area contributed by atoms with Gasteiger partial charge in [0.2, 0.25) is 5.91 Å². The van der Waals surface area contributed by atoms with Gasteiger partial charge in [0, 0.05) is 19.7 Å². The number of carbonyl (C=O) groups excluding carboxylic acids is 1. The molecule has 1 atom stereocenters. The minimum atomic E-state index is -0.0304. The molecule has 0 aliphatic carbocycles. The second kappa shape index (κ2) is 5.98. The van der Waals surface area contributed by atoms with Crippen molar-refractivity contribution in [3.63, 3.8) is 0 Å². The van der Waals surface area contributed by atoms with Crippen molar-refractivity contribution in [2.75, 3.05) is 20.2 Å². The zero-order valence-corrected chi connectivity index (χ0v) is 9.55. The molecule has 0 saturated heterocycles. The Balaban J connectivity index is 4.04. The molecule has 0 aliphatic rings. The van der Waals surface area contributed by atoms with E-state index in [1.807, 2.05) is 0 Å². The number of carbonyl (C=O) groups is 1. The summed E-state index contributed by atoms with van der Waals surface area (Å²) in [5, 5.41) is 14.6. The van der Waals surface area contributed by atoms with Gasteiger partial charge in [0.05, 0.1) is 6.54 Å². The molecule has 0 rings (SSSR count). The highest BCUT2D eigenvalue weighted by molar-refractivity contribution is 5.77. The monoisotopic (exact) mass is 202 g/mol. The van der Waals surface area contributed by atoms with Crippen molar-refractivity contribution >= 4 is 5.91 Å². The predicted octanol–water partition coefficient (Wildman–Crippen LogP) is 0.119. The molecule has 3 N–H and O–H groups in total. The highest BCUT2D eigenvalue weighted by Gasteiger charge is 2.23. The highest BCUT2D eigenvalue weighted by atomic mass is 16.3. The SMILES string of the molecule is CNC(=O)CNC(CCO)C(C)(C)C. The van der Waals surface area contributed by atoms with E-state index >= 15 is 0 Å². The summed E-state index contributed by atoms with van der Waals surface area (Å²) in [5.41, 5.74) is 0.0523. The quantitative estimate of drug-likeness (QED) is 0.593. The van der Waals surface area contributed by atoms with Crippen molar-refractivity contribution in [1.29, 1.82) is 0 Å². The van der Waals surface area contributed by atoms with Crippen LogP contribution in [0.25, 0.3) is 0 Å². The van der Waals surface area contributed by atoms with Gasteiger partial charge in [0.15, 0.2) is 0 Å². The first-order valence-electron chi connectivity index (χ1n) is 4.96. The smallest absolute Gasteiger partial charge is 0.233 e. The summed E-state index contributed by atoms with van der Waals surface area (Å²) in [4.78, 5) is 11.0. The van der Waals surface area contributed by atoms with Gasteiger partial charge in [-0.1, -0.05) is 20.8 Å². The van der Waals surface area contributed by atoms with Crippen molar-refractivity contribution < 1.29 is 9.90 Å². The van der Waals surface area contributed by atoms with Crippen LogP contribution in [0.1, 0.15) is 27.2 Å². The van der Waals surface area contributed by atoms with Gasteiger partial charge in [0.1, 0.15) is 0 Å². The zero-order valence-electron chi connectivity index (χ0n) is 9.55. The molecule has 0 aromatic heterocycles. The van der Waals surface area contributed by atoms with Gasteiger partial charge in [-0.15, -0.1) is 0 Å². The third-order valence-electron chi connectivity index (χ3n) is 2.25. The Morgan fingerprint density at radius 3 is 2.36 bits per heavy atom. The lowest BCUT2D eigenvalue weighted by Crippen LogP contribution is -2.45. The van der Waals surface area contributed by atoms with E-state index in [0.717, 1.165) is 0 Å². The second-order valence-electron chi connectivity index (χ2n) is 4.48. The fourth-order valence-electron chi connectivity index (χ4n) is 1.27. The molecule has 4 nitrogen and oxygen atoms in total. The first-order valence-corrected chi connectivity index (χ1v) is 4.96. The lowest BCUT2D eigenvalue weighted by Gasteiger charge is -2.31. The van der Waals surface area contributed by atoms with E-state index in [-0.39, 0.29) is 24.0 Å². The molecule has 0 bridgehead atoms. The molecule has 14 heavy (non-hydrogen) atoms. The number of aliphatic hydroxyl groups excluding tert-OH is 1. The summed E-state index contributed by atoms with van der Waals surface area (Å²) in [7, 11) is 1.61. The molecule has 0 spiro atoms. The van der Waals surface area contributed by atoms with E-state index in [1.165, 1.54) is 0 Å². The van der Waals surface area contributed by atoms with Crippen molar-refractivity contribution in [1.82, 2.24) is 10.6 Å². The first-order chi connectivity index (χ1) is 6.41. The van der Waals surface area contributed by atoms with E-state index in [1.54, 1.807) is 7.05 Å². The lowest BCUT2D eigenvalue weighted by molar-refractivity contribution is -0.120. The Kier molecular flexibility index (Phi) is 5.72. The number of nitrogens with one attached hydrogen (secondary N) is 2. The fraction of sp³-hybridized carbons (Fsp3) is 0.900. The molecule has 84 valence electrons. The maximum Gasteiger partial charge on any atom is 0.233 e. The molecular formula is C10H22N2O2. The van der Waals surface area contributed by atoms with E-state index in [2.05, 4.69) is 31.4 Å². The topological polar surface area (TPSA) is 61.4 Å². The third-order valence-corrected chi connectivity index (χ3v) is 2.25. The molecule has 0 aliphatic heterocycles. The standard InChI is InChI=1S/C10H22N2O2/c1-10(2,3)8(5-6-13)12-7-9(14)11-4/h8,12-13H,5-7H2,1-4H3,(H,11,14). The van der Waals surface area contributed by atoms with Gasteiger partial charge in [-0.25, -0.2) is 0 Å². The van der Waals surface area contributed by atoms with Gasteiger partial charge in [-0.3, -0.25) is 4.79 Å². The highest BCUT2D eigenvalue weighted by Crippen LogP contribution is 2.21. The molecule has 4 heteroatoms. The van der Waals surface area contributed by atoms with Crippen LogP contribution in [0.5, 0.6) is 0 Å². The van der Waals surface area contributed by atoms with Gasteiger partial charge >= 0.3 is 0 Å². The average molecular weight is 202 g/mol. The number of amides is 1. The Labute approximate surface area is 86.1 Å². The number of aliphatic hydroxyl groups is 1. The molecule has 0 saturated carbocycles. The second-order valence-corrected chi connectivity index (χ2v) is 4.48. The van der Waals surface area contributed by atoms with E-state index in [9.17, 15) is 4.79 Å². The Morgan fingerprint density at radius 2 is 2.00 bits per heavy atom. The van der Waals surface area contributed by atoms with Crippen LogP contribution in [0.15, 0.2) is 0 Å². The summed E-state index contributed by atoms with van der Waals surface area (Å²) >= 11 is 0. The first kappa shape index (κ1) is 13.4. The summed E-state index contributed by atoms with van der Waals surface area (Å²) < 4.78 is 0. The van der Waals surface area contributed by atoms with E-state index in [0.29, 0.717) is 13.0 Å². The van der Waals surface area contributed by atoms with Crippen LogP contribution in [0.2, 0.25) is 0 Å². The van der Waals surface area contributed by atoms with Gasteiger partial charge < -0.3 is 15.7 Å². The molecular weight excluding hydrogens is 180 g/mol. The van der Waals surface area contributed by atoms with Crippen LogP contribution in [0, 0.1) is 5.41 Å². The van der Waals surface area contributed by atoms with Crippen LogP contribution < -0.4 is 10.6 Å². The fourth-order valence-corrected chi connectivity index (χ4v) is 1.27. The van der Waals surface area contributed by atoms with Crippen LogP contribution in [0.4, 0.5) is 0 Å². The summed E-state index contributed by atoms with van der Waals surface area (Å²) in [6.45, 7) is 6.71. The van der Waals surface area contributed by atoms with E-state index < -0.39 is 0 Å². The van der Waals surface area contributed by atoms with Crippen LogP contribution >= 0.6 is 0 Å². The lowest BCUT2D eigenvalue weighted by atomic mass is 9.85. The summed E-state index contributed by atoms with van der Waals surface area (Å²) in [6, 6.07) is 0.157. The zero-order chi connectivity index (χ0) is 11.2. The van der Waals surface area contributed by atoms with Crippen molar-refractivity contribution in [3.05, 3.63) is 0 Å². The Hall–Kier alpha value is -0.610. The molecule has 1 amide bonds. The van der Waals surface area contributed by atoms with E-state index in [4.69, 9.17) is 5.11 Å². The maximum atomic E-state index is 11.0. The summed E-state index contributed by atoms with van der Waals surface area (Å²) in [6.07, 6.45) is 0.667. The average Bonchev–Trinajstić information content (AvgIpc) is 2.09. The molecule has 0 fully saturated rings. The van der Waals surface area contributed by atoms with Crippen molar-refractivity contribution in [2.24, 2.45) is 5.41 Å². The number of rotatable bonds is 5. The normalized spacial score (nSPS) is 13.8. The van der Waals surface area contributed by atoms with Crippen LogP contribution in [-0.4, -0.2) is 37.3 Å². The molecule has 0 heterocycles. The number of hydrogen-bond acceptors (Lipinski definition) is 3. The predicted molar refractivity (Wildman–Crippen MR) is 57.0 cm³/mol. The summed E-state index contributed by atoms with van der Waals surface area (Å²) in [5.74, 6) is -0.0304. The third kappa shape index (κ3) is 5.19. The van der Waals surface area contributed by atoms with Crippen molar-refractivity contribution in [3.8, 4) is 0 Å². The number of hydrogen-bond donors (Lipinski definition) is 3. The van der Waals surface area contributed by atoms with Crippen LogP contribution in [0.3, 0.4) is 0 Å². The van der Waals surface area contributed by atoms with Crippen molar-refractivity contribution in [2.45, 2.75) is 33.2 Å². The Morgan fingerprint density at radius 1 is 1.43 bits per heavy atom. The molecule has 0 aromatic carbocycles. The van der Waals surface area contributed by atoms with Crippen LogP contribution in [-0.2, 0) is 4.79 Å². The Bertz CT molecular complexity index is 175. The maximum absolute atomic E-state index is 11.0. The van der Waals surface area contributed by atoms with Gasteiger partial charge in [0.25, 0.3) is 0 Å².